The summed E-state index contributed by atoms with van der Waals surface area (Å²) in [5, 5.41) is 3.58. The van der Waals surface area contributed by atoms with E-state index in [1.807, 2.05) is 6.08 Å². The monoisotopic (exact) mass is 237 g/mol. The summed E-state index contributed by atoms with van der Waals surface area (Å²) in [6.07, 6.45) is 2.55. The molecular formula is C12H12ClNO2. The first-order valence-corrected chi connectivity index (χ1v) is 5.51. The van der Waals surface area contributed by atoms with Crippen LogP contribution in [0.2, 0.25) is 5.02 Å². The van der Waals surface area contributed by atoms with E-state index in [0.717, 1.165) is 6.54 Å². The van der Waals surface area contributed by atoms with Crippen LogP contribution in [-0.4, -0.2) is 19.1 Å². The lowest BCUT2D eigenvalue weighted by atomic mass is 10.1. The highest BCUT2D eigenvalue weighted by Gasteiger charge is 2.15. The zero-order valence-corrected chi connectivity index (χ0v) is 9.46. The van der Waals surface area contributed by atoms with Gasteiger partial charge in [-0.05, 0) is 25.1 Å². The lowest BCUT2D eigenvalue weighted by Crippen LogP contribution is -2.25. The second-order valence-electron chi connectivity index (χ2n) is 3.50. The Morgan fingerprint density at radius 2 is 2.19 bits per heavy atom. The summed E-state index contributed by atoms with van der Waals surface area (Å²) in [6, 6.07) is 6.96. The Balaban J connectivity index is 2.07. The topological polar surface area (TPSA) is 38.3 Å². The Morgan fingerprint density at radius 3 is 2.88 bits per heavy atom. The van der Waals surface area contributed by atoms with Crippen molar-refractivity contribution in [3.8, 4) is 5.75 Å². The van der Waals surface area contributed by atoms with Crippen molar-refractivity contribution in [3.05, 3.63) is 40.9 Å². The molecule has 0 aliphatic carbocycles. The van der Waals surface area contributed by atoms with Crippen molar-refractivity contribution in [3.63, 3.8) is 0 Å². The molecule has 0 fully saturated rings. The quantitative estimate of drug-likeness (QED) is 0.633. The molecular weight excluding hydrogens is 226 g/mol. The third-order valence-corrected chi connectivity index (χ3v) is 2.68. The zero-order valence-electron chi connectivity index (χ0n) is 8.70. The van der Waals surface area contributed by atoms with Crippen LogP contribution in [0.4, 0.5) is 0 Å². The summed E-state index contributed by atoms with van der Waals surface area (Å²) in [6.45, 7) is 1.52. The van der Waals surface area contributed by atoms with Crippen molar-refractivity contribution in [2.75, 3.05) is 13.1 Å². The molecule has 2 rings (SSSR count). The van der Waals surface area contributed by atoms with E-state index in [1.54, 1.807) is 24.3 Å². The number of benzene rings is 1. The molecule has 4 heteroatoms. The number of halogens is 1. The molecule has 1 heterocycles. The summed E-state index contributed by atoms with van der Waals surface area (Å²) in [7, 11) is 0. The summed E-state index contributed by atoms with van der Waals surface area (Å²) in [5.41, 5.74) is 0.707. The van der Waals surface area contributed by atoms with Crippen molar-refractivity contribution in [1.29, 1.82) is 0 Å². The van der Waals surface area contributed by atoms with Crippen LogP contribution < -0.4 is 10.1 Å². The molecule has 0 bridgehead atoms. The van der Waals surface area contributed by atoms with Gasteiger partial charge in [-0.25, -0.2) is 4.79 Å². The molecule has 3 nitrogen and oxygen atoms in total. The van der Waals surface area contributed by atoms with Gasteiger partial charge in [0.15, 0.2) is 0 Å². The lowest BCUT2D eigenvalue weighted by Gasteiger charge is -2.13. The van der Waals surface area contributed by atoms with Gasteiger partial charge >= 0.3 is 5.97 Å². The van der Waals surface area contributed by atoms with Crippen LogP contribution in [0.3, 0.4) is 0 Å². The number of para-hydroxylation sites is 1. The molecule has 0 radical (unpaired) electrons. The molecule has 1 aliphatic heterocycles. The Labute approximate surface area is 99.1 Å². The molecule has 1 N–H and O–H groups in total. The maximum atomic E-state index is 11.7. The van der Waals surface area contributed by atoms with Gasteiger partial charge in [-0.1, -0.05) is 29.8 Å². The van der Waals surface area contributed by atoms with Gasteiger partial charge in [-0.3, -0.25) is 0 Å². The van der Waals surface area contributed by atoms with E-state index in [-0.39, 0.29) is 5.97 Å². The Kier molecular flexibility index (Phi) is 3.59. The van der Waals surface area contributed by atoms with Crippen molar-refractivity contribution in [2.24, 2.45) is 0 Å². The summed E-state index contributed by atoms with van der Waals surface area (Å²) < 4.78 is 5.22. The third-order valence-electron chi connectivity index (χ3n) is 2.37. The summed E-state index contributed by atoms with van der Waals surface area (Å²) >= 11 is 5.90. The van der Waals surface area contributed by atoms with Crippen LogP contribution in [0.15, 0.2) is 35.9 Å². The van der Waals surface area contributed by atoms with Crippen LogP contribution in [0.1, 0.15) is 6.42 Å². The van der Waals surface area contributed by atoms with Gasteiger partial charge in [0.05, 0.1) is 5.02 Å². The number of ether oxygens (including phenoxy) is 1. The first-order valence-electron chi connectivity index (χ1n) is 5.14. The van der Waals surface area contributed by atoms with Gasteiger partial charge in [0.1, 0.15) is 5.75 Å². The van der Waals surface area contributed by atoms with E-state index in [9.17, 15) is 4.79 Å². The van der Waals surface area contributed by atoms with Gasteiger partial charge in [-0.2, -0.15) is 0 Å². The van der Waals surface area contributed by atoms with Crippen LogP contribution in [0, 0.1) is 0 Å². The van der Waals surface area contributed by atoms with Gasteiger partial charge in [-0.15, -0.1) is 0 Å². The number of hydrogen-bond acceptors (Lipinski definition) is 3. The molecule has 84 valence electrons. The molecule has 0 unspecified atom stereocenters. The second kappa shape index (κ2) is 5.14. The van der Waals surface area contributed by atoms with Crippen molar-refractivity contribution < 1.29 is 9.53 Å². The summed E-state index contributed by atoms with van der Waals surface area (Å²) in [4.78, 5) is 11.7. The predicted octanol–water partition coefficient (Wildman–Crippen LogP) is 2.17. The maximum absolute atomic E-state index is 11.7. The fourth-order valence-electron chi connectivity index (χ4n) is 1.50. The standard InChI is InChI=1S/C12H12ClNO2/c13-10-3-1-2-4-11(10)16-12(15)9-5-7-14-8-6-9/h1-5,14H,6-8H2. The van der Waals surface area contributed by atoms with Gasteiger partial charge < -0.3 is 10.1 Å². The van der Waals surface area contributed by atoms with E-state index < -0.39 is 0 Å². The minimum atomic E-state index is -0.311. The minimum absolute atomic E-state index is 0.311. The number of hydrogen-bond donors (Lipinski definition) is 1. The maximum Gasteiger partial charge on any atom is 0.339 e. The minimum Gasteiger partial charge on any atom is -0.422 e. The molecule has 0 saturated heterocycles. The SMILES string of the molecule is O=C(Oc1ccccc1Cl)C1=CCNCC1. The molecule has 16 heavy (non-hydrogen) atoms. The van der Waals surface area contributed by atoms with E-state index >= 15 is 0 Å². The van der Waals surface area contributed by atoms with Crippen LogP contribution in [0.25, 0.3) is 0 Å². The molecule has 0 amide bonds. The lowest BCUT2D eigenvalue weighted by molar-refractivity contribution is -0.130. The first-order chi connectivity index (χ1) is 7.77. The summed E-state index contributed by atoms with van der Waals surface area (Å²) in [5.74, 6) is 0.100. The smallest absolute Gasteiger partial charge is 0.339 e. The predicted molar refractivity (Wildman–Crippen MR) is 62.7 cm³/mol. The highest BCUT2D eigenvalue weighted by molar-refractivity contribution is 6.32. The molecule has 1 aromatic carbocycles. The average molecular weight is 238 g/mol. The van der Waals surface area contributed by atoms with E-state index in [2.05, 4.69) is 5.32 Å². The highest BCUT2D eigenvalue weighted by Crippen LogP contribution is 2.24. The first kappa shape index (κ1) is 11.2. The van der Waals surface area contributed by atoms with Crippen LogP contribution in [-0.2, 0) is 4.79 Å². The largest absolute Gasteiger partial charge is 0.422 e. The van der Waals surface area contributed by atoms with E-state index in [4.69, 9.17) is 16.3 Å². The van der Waals surface area contributed by atoms with E-state index in [0.29, 0.717) is 29.3 Å². The van der Waals surface area contributed by atoms with Crippen molar-refractivity contribution in [2.45, 2.75) is 6.42 Å². The van der Waals surface area contributed by atoms with Gasteiger partial charge in [0.25, 0.3) is 0 Å². The Morgan fingerprint density at radius 1 is 1.38 bits per heavy atom. The van der Waals surface area contributed by atoms with Crippen molar-refractivity contribution in [1.82, 2.24) is 5.32 Å². The Bertz CT molecular complexity index is 429. The van der Waals surface area contributed by atoms with Crippen molar-refractivity contribution >= 4 is 17.6 Å². The zero-order chi connectivity index (χ0) is 11.4. The number of esters is 1. The molecule has 1 aromatic rings. The second-order valence-corrected chi connectivity index (χ2v) is 3.91. The fourth-order valence-corrected chi connectivity index (χ4v) is 1.68. The molecule has 0 spiro atoms. The number of rotatable bonds is 2. The molecule has 1 aliphatic rings. The van der Waals surface area contributed by atoms with Crippen LogP contribution in [0.5, 0.6) is 5.75 Å². The Hall–Kier alpha value is -1.32. The molecule has 0 aromatic heterocycles. The van der Waals surface area contributed by atoms with E-state index in [1.165, 1.54) is 0 Å². The highest BCUT2D eigenvalue weighted by atomic mass is 35.5. The molecule has 0 atom stereocenters. The van der Waals surface area contributed by atoms with Crippen LogP contribution >= 0.6 is 11.6 Å². The number of carbonyl (C=O) groups is 1. The number of nitrogens with one attached hydrogen (secondary N) is 1. The third kappa shape index (κ3) is 2.62. The average Bonchev–Trinajstić information content (AvgIpc) is 2.33. The molecule has 0 saturated carbocycles. The fraction of sp³-hybridized carbons (Fsp3) is 0.250. The van der Waals surface area contributed by atoms with Gasteiger partial charge in [0.2, 0.25) is 0 Å². The number of carbonyl (C=O) groups excluding carboxylic acids is 1. The normalized spacial score (nSPS) is 15.4. The van der Waals surface area contributed by atoms with Gasteiger partial charge in [0, 0.05) is 12.1 Å².